The molecule has 1 aromatic rings. The van der Waals surface area contributed by atoms with E-state index in [4.69, 9.17) is 9.73 Å². The van der Waals surface area contributed by atoms with Gasteiger partial charge in [0.25, 0.3) is 0 Å². The molecular formula is C20H33N5O2. The van der Waals surface area contributed by atoms with Gasteiger partial charge in [0.15, 0.2) is 5.96 Å². The van der Waals surface area contributed by atoms with E-state index >= 15 is 0 Å². The van der Waals surface area contributed by atoms with Gasteiger partial charge in [-0.15, -0.1) is 0 Å². The van der Waals surface area contributed by atoms with E-state index in [0.29, 0.717) is 32.3 Å². The van der Waals surface area contributed by atoms with Gasteiger partial charge in [-0.2, -0.15) is 0 Å². The van der Waals surface area contributed by atoms with Crippen LogP contribution in [0, 0.1) is 0 Å². The number of carbonyl (C=O) groups excluding carboxylic acids is 1. The van der Waals surface area contributed by atoms with Gasteiger partial charge in [0.1, 0.15) is 0 Å². The molecule has 1 aliphatic rings. The highest BCUT2D eigenvalue weighted by molar-refractivity contribution is 5.80. The van der Waals surface area contributed by atoms with Crippen molar-refractivity contribution in [2.75, 3.05) is 45.2 Å². The minimum Gasteiger partial charge on any atom is -0.450 e. The van der Waals surface area contributed by atoms with Crippen molar-refractivity contribution in [1.29, 1.82) is 0 Å². The highest BCUT2D eigenvalue weighted by atomic mass is 16.6. The molecule has 150 valence electrons. The van der Waals surface area contributed by atoms with E-state index < -0.39 is 0 Å². The van der Waals surface area contributed by atoms with Crippen molar-refractivity contribution in [3.8, 4) is 0 Å². The van der Waals surface area contributed by atoms with Gasteiger partial charge in [0.05, 0.1) is 13.2 Å². The maximum absolute atomic E-state index is 11.8. The van der Waals surface area contributed by atoms with Gasteiger partial charge in [0.2, 0.25) is 0 Å². The molecule has 1 aliphatic heterocycles. The molecule has 7 nitrogen and oxygen atoms in total. The summed E-state index contributed by atoms with van der Waals surface area (Å²) >= 11 is 0. The van der Waals surface area contributed by atoms with Crippen LogP contribution in [0.1, 0.15) is 32.3 Å². The van der Waals surface area contributed by atoms with E-state index in [2.05, 4.69) is 46.7 Å². The Morgan fingerprint density at radius 2 is 2.04 bits per heavy atom. The quantitative estimate of drug-likeness (QED) is 0.590. The third-order valence-corrected chi connectivity index (χ3v) is 4.55. The third-order valence-electron chi connectivity index (χ3n) is 4.55. The van der Waals surface area contributed by atoms with Gasteiger partial charge in [0, 0.05) is 45.5 Å². The lowest BCUT2D eigenvalue weighted by atomic mass is 10.1. The van der Waals surface area contributed by atoms with Crippen LogP contribution < -0.4 is 15.5 Å². The van der Waals surface area contributed by atoms with Crippen LogP contribution in [0.15, 0.2) is 29.3 Å². The van der Waals surface area contributed by atoms with Gasteiger partial charge in [-0.3, -0.25) is 0 Å². The number of ether oxygens (including phenoxy) is 1. The first-order chi connectivity index (χ1) is 13.0. The van der Waals surface area contributed by atoms with Crippen LogP contribution in [-0.2, 0) is 11.3 Å². The molecule has 7 heteroatoms. The standard InChI is InChI=1S/C20H33N5O2/c1-5-21-19(22-15-16-8-7-9-18(14-16)24(3)4)23-17-10-12-25(13-11-17)20(26)27-6-2/h7-9,14,17H,5-6,10-13,15H2,1-4H3,(H2,21,22,23). The second-order valence-corrected chi connectivity index (χ2v) is 6.86. The number of nitrogens with zero attached hydrogens (tertiary/aromatic N) is 3. The van der Waals surface area contributed by atoms with Gasteiger partial charge < -0.3 is 25.2 Å². The fraction of sp³-hybridized carbons (Fsp3) is 0.600. The molecule has 0 aliphatic carbocycles. The number of guanidine groups is 1. The Labute approximate surface area is 162 Å². The normalized spacial score (nSPS) is 15.4. The number of anilines is 1. The molecule has 2 N–H and O–H groups in total. The third kappa shape index (κ3) is 6.66. The van der Waals surface area contributed by atoms with E-state index in [1.54, 1.807) is 4.90 Å². The zero-order chi connectivity index (χ0) is 19.6. The van der Waals surface area contributed by atoms with Crippen LogP contribution in [-0.4, -0.2) is 63.3 Å². The molecule has 0 unspecified atom stereocenters. The van der Waals surface area contributed by atoms with E-state index in [1.807, 2.05) is 21.0 Å². The monoisotopic (exact) mass is 375 g/mol. The summed E-state index contributed by atoms with van der Waals surface area (Å²) in [6, 6.07) is 8.71. The maximum Gasteiger partial charge on any atom is 0.409 e. The lowest BCUT2D eigenvalue weighted by molar-refractivity contribution is 0.0963. The Bertz CT molecular complexity index is 625. The summed E-state index contributed by atoms with van der Waals surface area (Å²) in [5.74, 6) is 0.822. The molecule has 0 saturated carbocycles. The smallest absolute Gasteiger partial charge is 0.409 e. The van der Waals surface area contributed by atoms with Crippen molar-refractivity contribution in [2.45, 2.75) is 39.3 Å². The summed E-state index contributed by atoms with van der Waals surface area (Å²) in [7, 11) is 4.08. The van der Waals surface area contributed by atoms with Crippen LogP contribution in [0.5, 0.6) is 0 Å². The molecule has 1 heterocycles. The van der Waals surface area contributed by atoms with Crippen molar-refractivity contribution >= 4 is 17.7 Å². The number of aliphatic imine (C=N–C) groups is 1. The Kier molecular flexibility index (Phi) is 8.23. The largest absolute Gasteiger partial charge is 0.450 e. The molecule has 0 spiro atoms. The molecule has 1 aromatic carbocycles. The second-order valence-electron chi connectivity index (χ2n) is 6.86. The fourth-order valence-corrected chi connectivity index (χ4v) is 3.04. The molecule has 0 atom stereocenters. The first kappa shape index (κ1) is 20.9. The minimum absolute atomic E-state index is 0.211. The van der Waals surface area contributed by atoms with Gasteiger partial charge in [-0.25, -0.2) is 9.79 Å². The lowest BCUT2D eigenvalue weighted by Gasteiger charge is -2.32. The average molecular weight is 376 g/mol. The van der Waals surface area contributed by atoms with Crippen molar-refractivity contribution in [3.63, 3.8) is 0 Å². The van der Waals surface area contributed by atoms with Crippen molar-refractivity contribution in [3.05, 3.63) is 29.8 Å². The highest BCUT2D eigenvalue weighted by Crippen LogP contribution is 2.14. The Morgan fingerprint density at radius 1 is 1.30 bits per heavy atom. The van der Waals surface area contributed by atoms with Gasteiger partial charge in [-0.1, -0.05) is 12.1 Å². The number of piperidine rings is 1. The molecule has 0 aromatic heterocycles. The zero-order valence-electron chi connectivity index (χ0n) is 17.0. The Morgan fingerprint density at radius 3 is 2.67 bits per heavy atom. The van der Waals surface area contributed by atoms with Crippen molar-refractivity contribution < 1.29 is 9.53 Å². The fourth-order valence-electron chi connectivity index (χ4n) is 3.04. The van der Waals surface area contributed by atoms with Crippen LogP contribution in [0.4, 0.5) is 10.5 Å². The zero-order valence-corrected chi connectivity index (χ0v) is 17.0. The number of rotatable bonds is 6. The van der Waals surface area contributed by atoms with E-state index in [0.717, 1.165) is 25.3 Å². The summed E-state index contributed by atoms with van der Waals surface area (Å²) in [6.45, 7) is 7.17. The number of nitrogens with one attached hydrogen (secondary N) is 2. The molecule has 27 heavy (non-hydrogen) atoms. The molecule has 1 amide bonds. The summed E-state index contributed by atoms with van der Waals surface area (Å²) < 4.78 is 5.08. The van der Waals surface area contributed by atoms with E-state index in [1.165, 1.54) is 11.3 Å². The molecule has 1 fully saturated rings. The number of hydrogen-bond donors (Lipinski definition) is 2. The van der Waals surface area contributed by atoms with Crippen molar-refractivity contribution in [2.24, 2.45) is 4.99 Å². The predicted octanol–water partition coefficient (Wildman–Crippen LogP) is 2.43. The van der Waals surface area contributed by atoms with Crippen LogP contribution in [0.3, 0.4) is 0 Å². The number of amides is 1. The summed E-state index contributed by atoms with van der Waals surface area (Å²) in [4.78, 5) is 20.4. The molecule has 0 bridgehead atoms. The second kappa shape index (κ2) is 10.6. The summed E-state index contributed by atoms with van der Waals surface area (Å²) in [5, 5.41) is 6.82. The van der Waals surface area contributed by atoms with Crippen LogP contribution in [0.25, 0.3) is 0 Å². The summed E-state index contributed by atoms with van der Waals surface area (Å²) in [5.41, 5.74) is 2.35. The Hall–Kier alpha value is -2.44. The van der Waals surface area contributed by atoms with Crippen LogP contribution in [0.2, 0.25) is 0 Å². The SMILES string of the molecule is CCNC(=NCc1cccc(N(C)C)c1)NC1CCN(C(=O)OCC)CC1. The maximum atomic E-state index is 11.8. The first-order valence-electron chi connectivity index (χ1n) is 9.76. The summed E-state index contributed by atoms with van der Waals surface area (Å²) in [6.07, 6.45) is 1.57. The number of likely N-dealkylation sites (tertiary alicyclic amines) is 1. The van der Waals surface area contributed by atoms with Crippen LogP contribution >= 0.6 is 0 Å². The van der Waals surface area contributed by atoms with Gasteiger partial charge in [-0.05, 0) is 44.4 Å². The first-order valence-corrected chi connectivity index (χ1v) is 9.76. The Balaban J connectivity index is 1.91. The number of hydrogen-bond acceptors (Lipinski definition) is 4. The highest BCUT2D eigenvalue weighted by Gasteiger charge is 2.24. The average Bonchev–Trinajstić information content (AvgIpc) is 2.67. The van der Waals surface area contributed by atoms with E-state index in [9.17, 15) is 4.79 Å². The number of carbonyl (C=O) groups is 1. The van der Waals surface area contributed by atoms with Gasteiger partial charge >= 0.3 is 6.09 Å². The lowest BCUT2D eigenvalue weighted by Crippen LogP contribution is -2.49. The topological polar surface area (TPSA) is 69.2 Å². The predicted molar refractivity (Wildman–Crippen MR) is 110 cm³/mol. The van der Waals surface area contributed by atoms with E-state index in [-0.39, 0.29) is 6.09 Å². The minimum atomic E-state index is -0.211. The molecule has 0 radical (unpaired) electrons. The van der Waals surface area contributed by atoms with Crippen molar-refractivity contribution in [1.82, 2.24) is 15.5 Å². The number of benzene rings is 1. The molecule has 2 rings (SSSR count). The molecular weight excluding hydrogens is 342 g/mol. The molecule has 1 saturated heterocycles.